The fraction of sp³-hybridized carbons (Fsp3) is 0.619. The molecule has 28 heavy (non-hydrogen) atoms. The second-order valence-corrected chi connectivity index (χ2v) is 8.11. The van der Waals surface area contributed by atoms with Gasteiger partial charge in [0.2, 0.25) is 0 Å². The molecular weight excluding hydrogens is 356 g/mol. The van der Waals surface area contributed by atoms with Crippen LogP contribution in [0.4, 0.5) is 4.79 Å². The number of ether oxygens (including phenoxy) is 2. The molecular formula is C21H34N4O3. The number of aliphatic imine (C=N–C) groups is 1. The van der Waals surface area contributed by atoms with E-state index in [0.717, 1.165) is 49.7 Å². The van der Waals surface area contributed by atoms with Gasteiger partial charge in [0.05, 0.1) is 13.2 Å². The molecule has 0 saturated carbocycles. The molecule has 156 valence electrons. The van der Waals surface area contributed by atoms with Gasteiger partial charge < -0.3 is 25.0 Å². The highest BCUT2D eigenvalue weighted by Gasteiger charge is 2.27. The standard InChI is InChI=1S/C21H34N4O3/c1-15-7-8-16(13-18(15)27-6)9-11-23-19(22-5)25-12-10-17(14-25)24-20(26)28-21(2,3)4/h7-8,13,17H,9-12,14H2,1-6H3,(H,22,23)(H,24,26). The Hall–Kier alpha value is -2.44. The van der Waals surface area contributed by atoms with Gasteiger partial charge in [0.25, 0.3) is 0 Å². The van der Waals surface area contributed by atoms with Gasteiger partial charge in [-0.1, -0.05) is 12.1 Å². The molecule has 7 heteroatoms. The lowest BCUT2D eigenvalue weighted by molar-refractivity contribution is 0.0507. The van der Waals surface area contributed by atoms with Crippen LogP contribution >= 0.6 is 0 Å². The van der Waals surface area contributed by atoms with Gasteiger partial charge in [0.1, 0.15) is 11.4 Å². The zero-order valence-corrected chi connectivity index (χ0v) is 18.0. The third-order valence-corrected chi connectivity index (χ3v) is 4.59. The molecule has 1 aromatic rings. The van der Waals surface area contributed by atoms with E-state index in [9.17, 15) is 4.79 Å². The zero-order chi connectivity index (χ0) is 20.7. The Morgan fingerprint density at radius 3 is 2.75 bits per heavy atom. The number of guanidine groups is 1. The lowest BCUT2D eigenvalue weighted by Crippen LogP contribution is -2.44. The van der Waals surface area contributed by atoms with Crippen LogP contribution in [0.1, 0.15) is 38.3 Å². The number of hydrogen-bond acceptors (Lipinski definition) is 4. The van der Waals surface area contributed by atoms with Crippen molar-refractivity contribution in [2.45, 2.75) is 52.2 Å². The molecule has 1 aliphatic heterocycles. The first kappa shape index (κ1) is 21.9. The topological polar surface area (TPSA) is 75.2 Å². The van der Waals surface area contributed by atoms with Crippen molar-refractivity contribution in [3.05, 3.63) is 29.3 Å². The number of benzene rings is 1. The summed E-state index contributed by atoms with van der Waals surface area (Å²) >= 11 is 0. The Labute approximate surface area is 168 Å². The van der Waals surface area contributed by atoms with Gasteiger partial charge in [-0.05, 0) is 57.7 Å². The average molecular weight is 391 g/mol. The largest absolute Gasteiger partial charge is 0.496 e. The number of aryl methyl sites for hydroxylation is 1. The van der Waals surface area contributed by atoms with Crippen molar-refractivity contribution in [3.8, 4) is 5.75 Å². The minimum atomic E-state index is -0.487. The fourth-order valence-electron chi connectivity index (χ4n) is 3.22. The van der Waals surface area contributed by atoms with Crippen molar-refractivity contribution >= 4 is 12.1 Å². The third kappa shape index (κ3) is 6.62. The van der Waals surface area contributed by atoms with Gasteiger partial charge >= 0.3 is 6.09 Å². The highest BCUT2D eigenvalue weighted by molar-refractivity contribution is 5.80. The first-order chi connectivity index (χ1) is 13.2. The Balaban J connectivity index is 1.80. The summed E-state index contributed by atoms with van der Waals surface area (Å²) in [4.78, 5) is 18.5. The zero-order valence-electron chi connectivity index (χ0n) is 18.0. The molecule has 1 aliphatic rings. The second-order valence-electron chi connectivity index (χ2n) is 8.11. The number of nitrogens with one attached hydrogen (secondary N) is 2. The molecule has 0 bridgehead atoms. The minimum Gasteiger partial charge on any atom is -0.496 e. The third-order valence-electron chi connectivity index (χ3n) is 4.59. The Kier molecular flexibility index (Phi) is 7.54. The van der Waals surface area contributed by atoms with Crippen LogP contribution in [0.5, 0.6) is 5.75 Å². The van der Waals surface area contributed by atoms with Crippen LogP contribution in [0.25, 0.3) is 0 Å². The number of alkyl carbamates (subject to hydrolysis) is 1. The number of rotatable bonds is 5. The maximum absolute atomic E-state index is 12.0. The van der Waals surface area contributed by atoms with E-state index < -0.39 is 5.60 Å². The number of nitrogens with zero attached hydrogens (tertiary/aromatic N) is 2. The lowest BCUT2D eigenvalue weighted by atomic mass is 10.1. The summed E-state index contributed by atoms with van der Waals surface area (Å²) < 4.78 is 10.7. The minimum absolute atomic E-state index is 0.0646. The van der Waals surface area contributed by atoms with Crippen molar-refractivity contribution in [1.82, 2.24) is 15.5 Å². The molecule has 0 spiro atoms. The predicted molar refractivity (Wildman–Crippen MR) is 112 cm³/mol. The van der Waals surface area contributed by atoms with E-state index in [1.165, 1.54) is 5.56 Å². The van der Waals surface area contributed by atoms with Crippen molar-refractivity contribution in [2.75, 3.05) is 33.8 Å². The fourth-order valence-corrected chi connectivity index (χ4v) is 3.22. The molecule has 0 aromatic heterocycles. The summed E-state index contributed by atoms with van der Waals surface area (Å²) in [6.07, 6.45) is 1.38. The number of carbonyl (C=O) groups excluding carboxylic acids is 1. The maximum atomic E-state index is 12.0. The van der Waals surface area contributed by atoms with E-state index in [2.05, 4.69) is 38.7 Å². The van der Waals surface area contributed by atoms with E-state index in [4.69, 9.17) is 9.47 Å². The molecule has 1 atom stereocenters. The average Bonchev–Trinajstić information content (AvgIpc) is 3.06. The maximum Gasteiger partial charge on any atom is 0.407 e. The molecule has 1 saturated heterocycles. The molecule has 1 aromatic carbocycles. The van der Waals surface area contributed by atoms with Gasteiger partial charge in [-0.3, -0.25) is 4.99 Å². The van der Waals surface area contributed by atoms with Crippen LogP contribution in [-0.2, 0) is 11.2 Å². The van der Waals surface area contributed by atoms with Crippen molar-refractivity contribution in [2.24, 2.45) is 4.99 Å². The van der Waals surface area contributed by atoms with Crippen molar-refractivity contribution in [1.29, 1.82) is 0 Å². The molecule has 0 aliphatic carbocycles. The molecule has 0 radical (unpaired) electrons. The summed E-state index contributed by atoms with van der Waals surface area (Å²) in [6.45, 7) is 9.97. The SMILES string of the molecule is CN=C(NCCc1ccc(C)c(OC)c1)N1CCC(NC(=O)OC(C)(C)C)C1. The van der Waals surface area contributed by atoms with Crippen LogP contribution in [0.2, 0.25) is 0 Å². The van der Waals surface area contributed by atoms with E-state index in [0.29, 0.717) is 0 Å². The molecule has 7 nitrogen and oxygen atoms in total. The van der Waals surface area contributed by atoms with Crippen LogP contribution in [0.3, 0.4) is 0 Å². The van der Waals surface area contributed by atoms with E-state index >= 15 is 0 Å². The summed E-state index contributed by atoms with van der Waals surface area (Å²) in [5, 5.41) is 6.36. The van der Waals surface area contributed by atoms with E-state index in [1.807, 2.05) is 27.7 Å². The first-order valence-electron chi connectivity index (χ1n) is 9.80. The van der Waals surface area contributed by atoms with Crippen molar-refractivity contribution < 1.29 is 14.3 Å². The normalized spacial score (nSPS) is 17.4. The Bertz CT molecular complexity index is 697. The summed E-state index contributed by atoms with van der Waals surface area (Å²) in [7, 11) is 3.48. The van der Waals surface area contributed by atoms with Crippen molar-refractivity contribution in [3.63, 3.8) is 0 Å². The molecule has 2 N–H and O–H groups in total. The quantitative estimate of drug-likeness (QED) is 0.597. The van der Waals surface area contributed by atoms with Crippen LogP contribution < -0.4 is 15.4 Å². The number of amides is 1. The Morgan fingerprint density at radius 2 is 2.11 bits per heavy atom. The molecule has 1 unspecified atom stereocenters. The van der Waals surface area contributed by atoms with Gasteiger partial charge in [-0.2, -0.15) is 0 Å². The van der Waals surface area contributed by atoms with Gasteiger partial charge in [0, 0.05) is 26.7 Å². The van der Waals surface area contributed by atoms with E-state index in [1.54, 1.807) is 14.2 Å². The number of likely N-dealkylation sites (tertiary alicyclic amines) is 1. The molecule has 1 heterocycles. The molecule has 1 fully saturated rings. The monoisotopic (exact) mass is 390 g/mol. The van der Waals surface area contributed by atoms with Gasteiger partial charge in [0.15, 0.2) is 5.96 Å². The highest BCUT2D eigenvalue weighted by Crippen LogP contribution is 2.19. The van der Waals surface area contributed by atoms with Gasteiger partial charge in [-0.25, -0.2) is 4.79 Å². The Morgan fingerprint density at radius 1 is 1.36 bits per heavy atom. The predicted octanol–water partition coefficient (Wildman–Crippen LogP) is 2.72. The molecule has 1 amide bonds. The number of carbonyl (C=O) groups is 1. The van der Waals surface area contributed by atoms with Gasteiger partial charge in [-0.15, -0.1) is 0 Å². The molecule has 2 rings (SSSR count). The van der Waals surface area contributed by atoms with Crippen LogP contribution in [0, 0.1) is 6.92 Å². The van der Waals surface area contributed by atoms with E-state index in [-0.39, 0.29) is 12.1 Å². The number of methoxy groups -OCH3 is 1. The smallest absolute Gasteiger partial charge is 0.407 e. The van der Waals surface area contributed by atoms with Crippen LogP contribution in [-0.4, -0.2) is 62.4 Å². The lowest BCUT2D eigenvalue weighted by Gasteiger charge is -2.23. The first-order valence-corrected chi connectivity index (χ1v) is 9.80. The van der Waals surface area contributed by atoms with Crippen LogP contribution in [0.15, 0.2) is 23.2 Å². The summed E-state index contributed by atoms with van der Waals surface area (Å²) in [6, 6.07) is 6.35. The second kappa shape index (κ2) is 9.66. The highest BCUT2D eigenvalue weighted by atomic mass is 16.6. The summed E-state index contributed by atoms with van der Waals surface area (Å²) in [5.74, 6) is 1.77. The number of hydrogen-bond donors (Lipinski definition) is 2. The summed E-state index contributed by atoms with van der Waals surface area (Å²) in [5.41, 5.74) is 1.87.